The Morgan fingerprint density at radius 3 is 2.79 bits per heavy atom. The number of hydrogen-bond donors (Lipinski definition) is 1. The van der Waals surface area contributed by atoms with Gasteiger partial charge in [-0.25, -0.2) is 0 Å². The lowest BCUT2D eigenvalue weighted by molar-refractivity contribution is 0.245. The van der Waals surface area contributed by atoms with Crippen molar-refractivity contribution in [3.05, 3.63) is 21.3 Å². The Morgan fingerprint density at radius 1 is 1.47 bits per heavy atom. The number of aromatic nitrogens is 1. The van der Waals surface area contributed by atoms with E-state index in [9.17, 15) is 0 Å². The lowest BCUT2D eigenvalue weighted by Gasteiger charge is -2.19. The van der Waals surface area contributed by atoms with E-state index < -0.39 is 0 Å². The molecule has 0 aliphatic heterocycles. The lowest BCUT2D eigenvalue weighted by atomic mass is 10.4. The fourth-order valence-electron chi connectivity index (χ4n) is 1.62. The first-order chi connectivity index (χ1) is 8.97. The highest BCUT2D eigenvalue weighted by molar-refractivity contribution is 7.16. The highest BCUT2D eigenvalue weighted by atomic mass is 35.5. The fourth-order valence-corrected chi connectivity index (χ4v) is 3.47. The average molecular weight is 318 g/mol. The summed E-state index contributed by atoms with van der Waals surface area (Å²) >= 11 is 8.86. The van der Waals surface area contributed by atoms with Crippen molar-refractivity contribution in [1.29, 1.82) is 0 Å². The molecule has 0 radical (unpaired) electrons. The van der Waals surface area contributed by atoms with Crippen LogP contribution in [-0.2, 0) is 6.54 Å². The van der Waals surface area contributed by atoms with Gasteiger partial charge in [-0.2, -0.15) is 4.37 Å². The Labute approximate surface area is 125 Å². The molecule has 2 rings (SSSR count). The third kappa shape index (κ3) is 3.52. The van der Waals surface area contributed by atoms with E-state index >= 15 is 0 Å². The first-order valence-electron chi connectivity index (χ1n) is 5.84. The summed E-state index contributed by atoms with van der Waals surface area (Å²) in [6.45, 7) is 4.70. The molecule has 2 aromatic heterocycles. The molecule has 0 spiro atoms. The van der Waals surface area contributed by atoms with E-state index in [0.29, 0.717) is 11.6 Å². The number of ether oxygens (including phenoxy) is 1. The Balaban J connectivity index is 2.16. The van der Waals surface area contributed by atoms with Gasteiger partial charge in [0.05, 0.1) is 17.0 Å². The second kappa shape index (κ2) is 5.98. The van der Waals surface area contributed by atoms with Crippen LogP contribution in [0.3, 0.4) is 0 Å². The van der Waals surface area contributed by atoms with E-state index in [1.165, 1.54) is 16.4 Å². The topological polar surface area (TPSA) is 51.4 Å². The van der Waals surface area contributed by atoms with Gasteiger partial charge in [0.2, 0.25) is 0 Å². The smallest absolute Gasteiger partial charge is 0.198 e. The van der Waals surface area contributed by atoms with Crippen LogP contribution in [0.5, 0.6) is 5.75 Å². The van der Waals surface area contributed by atoms with Crippen LogP contribution in [0.15, 0.2) is 12.1 Å². The summed E-state index contributed by atoms with van der Waals surface area (Å²) < 4.78 is 10.7. The second-order valence-electron chi connectivity index (χ2n) is 4.43. The van der Waals surface area contributed by atoms with Gasteiger partial charge < -0.3 is 15.4 Å². The van der Waals surface area contributed by atoms with Gasteiger partial charge in [0.15, 0.2) is 16.6 Å². The zero-order chi connectivity index (χ0) is 14.0. The Kier molecular flexibility index (Phi) is 4.54. The molecule has 0 aromatic carbocycles. The van der Waals surface area contributed by atoms with Crippen LogP contribution in [0.1, 0.15) is 18.7 Å². The Morgan fingerprint density at radius 2 is 2.21 bits per heavy atom. The molecule has 0 aliphatic rings. The molecule has 0 fully saturated rings. The molecule has 2 heterocycles. The summed E-state index contributed by atoms with van der Waals surface area (Å²) in [7, 11) is 1.99. The van der Waals surface area contributed by atoms with Gasteiger partial charge in [-0.3, -0.25) is 0 Å². The van der Waals surface area contributed by atoms with Crippen LogP contribution in [-0.4, -0.2) is 17.5 Å². The molecular weight excluding hydrogens is 302 g/mol. The van der Waals surface area contributed by atoms with Crippen molar-refractivity contribution in [1.82, 2.24) is 4.37 Å². The summed E-state index contributed by atoms with van der Waals surface area (Å²) in [6.07, 6.45) is 0.0713. The molecular formula is C12H16ClN3OS2. The molecule has 0 atom stereocenters. The summed E-state index contributed by atoms with van der Waals surface area (Å²) in [4.78, 5) is 3.27. The van der Waals surface area contributed by atoms with E-state index in [1.54, 1.807) is 11.3 Å². The maximum atomic E-state index is 5.94. The molecule has 2 N–H and O–H groups in total. The number of anilines is 2. The molecule has 104 valence electrons. The van der Waals surface area contributed by atoms with E-state index in [0.717, 1.165) is 15.9 Å². The normalized spacial score (nSPS) is 11.0. The quantitative estimate of drug-likeness (QED) is 0.909. The van der Waals surface area contributed by atoms with E-state index in [2.05, 4.69) is 9.27 Å². The third-order valence-corrected chi connectivity index (χ3v) is 4.55. The molecule has 7 heteroatoms. The summed E-state index contributed by atoms with van der Waals surface area (Å²) in [5, 5.41) is 0.940. The standard InChI is InChI=1S/C12H16ClN3OS2/c1-7(2)17-10-11(14)15-19-12(10)16(3)6-8-4-5-9(13)18-8/h4-5,7H,6H2,1-3H3,(H2,14,15). The number of rotatable bonds is 5. The summed E-state index contributed by atoms with van der Waals surface area (Å²) in [5.74, 6) is 1.12. The molecule has 0 bridgehead atoms. The van der Waals surface area contributed by atoms with Crippen LogP contribution in [0, 0.1) is 0 Å². The van der Waals surface area contributed by atoms with Crippen molar-refractivity contribution in [3.8, 4) is 5.75 Å². The highest BCUT2D eigenvalue weighted by Crippen LogP contribution is 2.39. The van der Waals surface area contributed by atoms with Crippen molar-refractivity contribution in [2.45, 2.75) is 26.5 Å². The Bertz CT molecular complexity index is 553. The average Bonchev–Trinajstić information content (AvgIpc) is 2.86. The summed E-state index contributed by atoms with van der Waals surface area (Å²) in [6, 6.07) is 3.93. The number of nitrogens with two attached hydrogens (primary N) is 1. The minimum atomic E-state index is 0.0713. The molecule has 2 aromatic rings. The zero-order valence-electron chi connectivity index (χ0n) is 11.0. The van der Waals surface area contributed by atoms with Crippen LogP contribution in [0.25, 0.3) is 0 Å². The largest absolute Gasteiger partial charge is 0.484 e. The zero-order valence-corrected chi connectivity index (χ0v) is 13.4. The van der Waals surface area contributed by atoms with E-state index in [1.807, 2.05) is 33.0 Å². The molecule has 4 nitrogen and oxygen atoms in total. The van der Waals surface area contributed by atoms with Crippen LogP contribution in [0.4, 0.5) is 10.8 Å². The first kappa shape index (κ1) is 14.4. The SMILES string of the molecule is CC(C)Oc1c(N)nsc1N(C)Cc1ccc(Cl)s1. The molecule has 0 amide bonds. The van der Waals surface area contributed by atoms with Crippen molar-refractivity contribution in [2.24, 2.45) is 0 Å². The molecule has 0 aliphatic carbocycles. The van der Waals surface area contributed by atoms with Gasteiger partial charge in [-0.1, -0.05) is 11.6 Å². The van der Waals surface area contributed by atoms with Gasteiger partial charge in [0.1, 0.15) is 0 Å². The monoisotopic (exact) mass is 317 g/mol. The first-order valence-corrected chi connectivity index (χ1v) is 7.81. The van der Waals surface area contributed by atoms with Crippen molar-refractivity contribution in [2.75, 3.05) is 17.7 Å². The van der Waals surface area contributed by atoms with Crippen molar-refractivity contribution in [3.63, 3.8) is 0 Å². The highest BCUT2D eigenvalue weighted by Gasteiger charge is 2.18. The molecule has 0 saturated heterocycles. The van der Waals surface area contributed by atoms with E-state index in [-0.39, 0.29) is 6.10 Å². The maximum Gasteiger partial charge on any atom is 0.198 e. The molecule has 0 unspecified atom stereocenters. The van der Waals surface area contributed by atoms with Gasteiger partial charge in [0.25, 0.3) is 0 Å². The van der Waals surface area contributed by atoms with Gasteiger partial charge in [-0.15, -0.1) is 11.3 Å². The number of nitrogen functional groups attached to an aromatic ring is 1. The minimum absolute atomic E-state index is 0.0713. The van der Waals surface area contributed by atoms with Crippen LogP contribution >= 0.6 is 34.5 Å². The number of halogens is 1. The molecule has 19 heavy (non-hydrogen) atoms. The van der Waals surface area contributed by atoms with Crippen molar-refractivity contribution < 1.29 is 4.74 Å². The third-order valence-electron chi connectivity index (χ3n) is 2.38. The number of thiophene rings is 1. The van der Waals surface area contributed by atoms with Crippen molar-refractivity contribution >= 4 is 45.3 Å². The van der Waals surface area contributed by atoms with Gasteiger partial charge in [-0.05, 0) is 37.5 Å². The van der Waals surface area contributed by atoms with Gasteiger partial charge in [0, 0.05) is 11.9 Å². The summed E-state index contributed by atoms with van der Waals surface area (Å²) in [5.41, 5.74) is 5.85. The van der Waals surface area contributed by atoms with E-state index in [4.69, 9.17) is 22.1 Å². The number of hydrogen-bond acceptors (Lipinski definition) is 6. The predicted octanol–water partition coefficient (Wildman–Crippen LogP) is 3.86. The lowest BCUT2D eigenvalue weighted by Crippen LogP contribution is -2.16. The second-order valence-corrected chi connectivity index (χ2v) is 6.98. The van der Waals surface area contributed by atoms with Crippen LogP contribution < -0.4 is 15.4 Å². The fraction of sp³-hybridized carbons (Fsp3) is 0.417. The predicted molar refractivity (Wildman–Crippen MR) is 83.7 cm³/mol. The van der Waals surface area contributed by atoms with Gasteiger partial charge >= 0.3 is 0 Å². The number of nitrogens with zero attached hydrogens (tertiary/aromatic N) is 2. The Hall–Kier alpha value is -0.980. The maximum absolute atomic E-state index is 5.94. The van der Waals surface area contributed by atoms with Crippen LogP contribution in [0.2, 0.25) is 4.34 Å². The minimum Gasteiger partial charge on any atom is -0.484 e. The molecule has 0 saturated carbocycles.